The second-order valence-electron chi connectivity index (χ2n) is 5.29. The summed E-state index contributed by atoms with van der Waals surface area (Å²) in [7, 11) is 0. The van der Waals surface area contributed by atoms with Crippen LogP contribution in [0.15, 0.2) is 23.5 Å². The van der Waals surface area contributed by atoms with Gasteiger partial charge in [0.2, 0.25) is 0 Å². The largest absolute Gasteiger partial charge is 0.489 e. The molecule has 16 heavy (non-hydrogen) atoms. The Hall–Kier alpha value is -0.760. The van der Waals surface area contributed by atoms with Crippen LogP contribution < -0.4 is 5.73 Å². The summed E-state index contributed by atoms with van der Waals surface area (Å²) in [4.78, 5) is 0. The van der Waals surface area contributed by atoms with Gasteiger partial charge in [0.25, 0.3) is 0 Å². The van der Waals surface area contributed by atoms with Gasteiger partial charge in [-0.1, -0.05) is 19.9 Å². The third-order valence-electron chi connectivity index (χ3n) is 4.03. The maximum atomic E-state index is 5.78. The average Bonchev–Trinajstić information content (AvgIpc) is 2.68. The molecule has 0 aromatic carbocycles. The summed E-state index contributed by atoms with van der Waals surface area (Å²) < 4.78 is 5.78. The minimum atomic E-state index is 0.197. The monoisotopic (exact) mass is 221 g/mol. The van der Waals surface area contributed by atoms with E-state index >= 15 is 0 Å². The van der Waals surface area contributed by atoms with Crippen LogP contribution in [-0.2, 0) is 4.74 Å². The van der Waals surface area contributed by atoms with E-state index in [2.05, 4.69) is 26.0 Å². The van der Waals surface area contributed by atoms with Crippen molar-refractivity contribution in [1.82, 2.24) is 0 Å². The molecule has 1 aliphatic carbocycles. The molecule has 0 bridgehead atoms. The Labute approximate surface area is 98.5 Å². The Morgan fingerprint density at radius 2 is 2.06 bits per heavy atom. The lowest BCUT2D eigenvalue weighted by Crippen LogP contribution is -2.31. The van der Waals surface area contributed by atoms with E-state index in [4.69, 9.17) is 10.5 Å². The molecule has 3 atom stereocenters. The van der Waals surface area contributed by atoms with Crippen molar-refractivity contribution < 1.29 is 4.74 Å². The van der Waals surface area contributed by atoms with E-state index in [0.717, 1.165) is 29.9 Å². The highest BCUT2D eigenvalue weighted by atomic mass is 16.5. The van der Waals surface area contributed by atoms with Crippen LogP contribution in [0.3, 0.4) is 0 Å². The van der Waals surface area contributed by atoms with Crippen LogP contribution >= 0.6 is 0 Å². The molecule has 0 spiro atoms. The maximum Gasteiger partial charge on any atom is 0.118 e. The molecule has 1 heterocycles. The molecular formula is C14H23NO. The molecule has 2 aliphatic rings. The van der Waals surface area contributed by atoms with E-state index in [-0.39, 0.29) is 6.10 Å². The Kier molecular flexibility index (Phi) is 3.38. The van der Waals surface area contributed by atoms with Gasteiger partial charge in [-0.05, 0) is 42.7 Å². The highest BCUT2D eigenvalue weighted by Gasteiger charge is 2.34. The van der Waals surface area contributed by atoms with Crippen LogP contribution in [0.5, 0.6) is 0 Å². The van der Waals surface area contributed by atoms with Gasteiger partial charge in [-0.15, -0.1) is 0 Å². The van der Waals surface area contributed by atoms with Crippen molar-refractivity contribution >= 4 is 0 Å². The van der Waals surface area contributed by atoms with Crippen molar-refractivity contribution in [3.8, 4) is 0 Å². The molecule has 3 unspecified atom stereocenters. The Balaban J connectivity index is 2.11. The topological polar surface area (TPSA) is 35.2 Å². The summed E-state index contributed by atoms with van der Waals surface area (Å²) >= 11 is 0. The number of ether oxygens (including phenoxy) is 1. The van der Waals surface area contributed by atoms with Crippen LogP contribution in [0.25, 0.3) is 0 Å². The standard InChI is InChI=1S/C14H23NO/c1-4-14-11(6-12(8-15)16-14)7-13-9(2)5-10(13)3/h4,7,9-10,12-13H,5-6,8,15H2,1-3H3/b11-7-,14-4+. The molecule has 0 aromatic heterocycles. The summed E-state index contributed by atoms with van der Waals surface area (Å²) in [6.45, 7) is 7.33. The molecule has 1 aliphatic heterocycles. The number of allylic oxidation sites excluding steroid dienone is 3. The first-order valence-corrected chi connectivity index (χ1v) is 6.39. The predicted molar refractivity (Wildman–Crippen MR) is 66.8 cm³/mol. The fourth-order valence-electron chi connectivity index (χ4n) is 3.00. The molecular weight excluding hydrogens is 198 g/mol. The van der Waals surface area contributed by atoms with Gasteiger partial charge >= 0.3 is 0 Å². The zero-order valence-corrected chi connectivity index (χ0v) is 10.6. The van der Waals surface area contributed by atoms with Crippen molar-refractivity contribution in [2.75, 3.05) is 6.54 Å². The van der Waals surface area contributed by atoms with E-state index in [1.807, 2.05) is 6.92 Å². The van der Waals surface area contributed by atoms with E-state index in [0.29, 0.717) is 6.54 Å². The smallest absolute Gasteiger partial charge is 0.118 e. The van der Waals surface area contributed by atoms with E-state index in [9.17, 15) is 0 Å². The van der Waals surface area contributed by atoms with Crippen molar-refractivity contribution in [1.29, 1.82) is 0 Å². The summed E-state index contributed by atoms with van der Waals surface area (Å²) in [6, 6.07) is 0. The van der Waals surface area contributed by atoms with Crippen LogP contribution in [0.2, 0.25) is 0 Å². The van der Waals surface area contributed by atoms with Gasteiger partial charge in [0.15, 0.2) is 0 Å². The van der Waals surface area contributed by atoms with Gasteiger partial charge in [-0.2, -0.15) is 0 Å². The molecule has 0 aromatic rings. The third-order valence-corrected chi connectivity index (χ3v) is 4.03. The number of hydrogen-bond acceptors (Lipinski definition) is 2. The number of hydrogen-bond donors (Lipinski definition) is 1. The second kappa shape index (κ2) is 4.62. The lowest BCUT2D eigenvalue weighted by Gasteiger charge is -2.39. The predicted octanol–water partition coefficient (Wildman–Crippen LogP) is 2.86. The normalized spacial score (nSPS) is 43.5. The van der Waals surface area contributed by atoms with Gasteiger partial charge in [-0.3, -0.25) is 0 Å². The molecule has 2 heteroatoms. The first-order valence-electron chi connectivity index (χ1n) is 6.39. The molecule has 2 N–H and O–H groups in total. The molecule has 1 saturated heterocycles. The minimum Gasteiger partial charge on any atom is -0.489 e. The quantitative estimate of drug-likeness (QED) is 0.778. The molecule has 1 saturated carbocycles. The summed E-state index contributed by atoms with van der Waals surface area (Å²) in [6.07, 6.45) is 7.05. The van der Waals surface area contributed by atoms with Crippen LogP contribution in [0.1, 0.15) is 33.6 Å². The Morgan fingerprint density at radius 3 is 2.56 bits per heavy atom. The van der Waals surface area contributed by atoms with Crippen molar-refractivity contribution in [2.24, 2.45) is 23.5 Å². The van der Waals surface area contributed by atoms with E-state index < -0.39 is 0 Å². The Bertz CT molecular complexity index is 311. The van der Waals surface area contributed by atoms with Crippen molar-refractivity contribution in [2.45, 2.75) is 39.7 Å². The molecule has 0 radical (unpaired) electrons. The lowest BCUT2D eigenvalue weighted by atomic mass is 9.66. The van der Waals surface area contributed by atoms with Crippen LogP contribution in [0, 0.1) is 17.8 Å². The van der Waals surface area contributed by atoms with E-state index in [1.54, 1.807) is 0 Å². The van der Waals surface area contributed by atoms with Gasteiger partial charge in [0.1, 0.15) is 11.9 Å². The van der Waals surface area contributed by atoms with Gasteiger partial charge < -0.3 is 10.5 Å². The zero-order valence-electron chi connectivity index (χ0n) is 10.6. The second-order valence-corrected chi connectivity index (χ2v) is 5.29. The van der Waals surface area contributed by atoms with Gasteiger partial charge in [-0.25, -0.2) is 0 Å². The lowest BCUT2D eigenvalue weighted by molar-refractivity contribution is 0.147. The maximum absolute atomic E-state index is 5.78. The fraction of sp³-hybridized carbons (Fsp3) is 0.714. The first kappa shape index (κ1) is 11.7. The first-order chi connectivity index (χ1) is 7.65. The molecule has 90 valence electrons. The fourth-order valence-corrected chi connectivity index (χ4v) is 3.00. The minimum absolute atomic E-state index is 0.197. The molecule has 2 rings (SSSR count). The summed E-state index contributed by atoms with van der Waals surface area (Å²) in [5.74, 6) is 3.46. The Morgan fingerprint density at radius 1 is 1.38 bits per heavy atom. The highest BCUT2D eigenvalue weighted by Crippen LogP contribution is 2.43. The SMILES string of the molecule is C/C=C1/OC(CN)C/C1=C/C1C(C)CC1C. The molecule has 0 amide bonds. The van der Waals surface area contributed by atoms with E-state index in [1.165, 1.54) is 12.0 Å². The zero-order chi connectivity index (χ0) is 11.7. The van der Waals surface area contributed by atoms with Crippen LogP contribution in [-0.4, -0.2) is 12.6 Å². The number of nitrogens with two attached hydrogens (primary N) is 1. The van der Waals surface area contributed by atoms with Gasteiger partial charge in [0, 0.05) is 13.0 Å². The molecule has 2 nitrogen and oxygen atoms in total. The van der Waals surface area contributed by atoms with Gasteiger partial charge in [0.05, 0.1) is 0 Å². The van der Waals surface area contributed by atoms with Crippen LogP contribution in [0.4, 0.5) is 0 Å². The molecule has 2 fully saturated rings. The number of rotatable bonds is 2. The third kappa shape index (κ3) is 2.03. The summed E-state index contributed by atoms with van der Waals surface area (Å²) in [5.41, 5.74) is 7.04. The highest BCUT2D eigenvalue weighted by molar-refractivity contribution is 5.31. The van der Waals surface area contributed by atoms with Crippen molar-refractivity contribution in [3.05, 3.63) is 23.5 Å². The summed E-state index contributed by atoms with van der Waals surface area (Å²) in [5, 5.41) is 0. The average molecular weight is 221 g/mol. The van der Waals surface area contributed by atoms with Crippen molar-refractivity contribution in [3.63, 3.8) is 0 Å².